The quantitative estimate of drug-likeness (QED) is 0.627. The van der Waals surface area contributed by atoms with Gasteiger partial charge in [-0.05, 0) is 31.2 Å². The molecule has 6 nitrogen and oxygen atoms in total. The molecule has 0 atom stereocenters. The van der Waals surface area contributed by atoms with Gasteiger partial charge in [-0.25, -0.2) is 4.79 Å². The predicted octanol–water partition coefficient (Wildman–Crippen LogP) is 3.37. The van der Waals surface area contributed by atoms with Gasteiger partial charge in [-0.3, -0.25) is 4.28 Å². The Kier molecular flexibility index (Phi) is 5.36. The Morgan fingerprint density at radius 1 is 1.08 bits per heavy atom. The minimum absolute atomic E-state index is 0.368. The van der Waals surface area contributed by atoms with Gasteiger partial charge in [0.2, 0.25) is 0 Å². The zero-order chi connectivity index (χ0) is 19.5. The number of carboxylic acid groups (broad SMARTS) is 1. The maximum absolute atomic E-state index is 13.2. The minimum Gasteiger partial charge on any atom is -0.478 e. The summed E-state index contributed by atoms with van der Waals surface area (Å²) >= 11 is 0. The first kappa shape index (κ1) is 19.4. The summed E-state index contributed by atoms with van der Waals surface area (Å²) in [5.74, 6) is -1.44. The van der Waals surface area contributed by atoms with E-state index in [-0.39, 0.29) is 4.90 Å². The highest BCUT2D eigenvalue weighted by Crippen LogP contribution is 2.24. The van der Waals surface area contributed by atoms with Crippen LogP contribution in [0, 0.1) is 6.92 Å². The van der Waals surface area contributed by atoms with E-state index in [1.807, 2.05) is 0 Å². The molecule has 0 aliphatic carbocycles. The molecule has 2 rings (SSSR count). The van der Waals surface area contributed by atoms with Crippen molar-refractivity contribution in [1.29, 1.82) is 0 Å². The highest BCUT2D eigenvalue weighted by molar-refractivity contribution is 7.86. The molecule has 0 aliphatic heterocycles. The first-order valence-corrected chi connectivity index (χ1v) is 8.41. The van der Waals surface area contributed by atoms with Crippen molar-refractivity contribution >= 4 is 21.8 Å². The van der Waals surface area contributed by atoms with Crippen LogP contribution in [-0.2, 0) is 14.4 Å². The molecule has 2 aromatic rings. The predicted molar refractivity (Wildman–Crippen MR) is 85.4 cm³/mol. The van der Waals surface area contributed by atoms with Crippen LogP contribution in [0.25, 0.3) is 0 Å². The van der Waals surface area contributed by atoms with Gasteiger partial charge in [0.05, 0.1) is 5.56 Å². The molecule has 0 spiro atoms. The van der Waals surface area contributed by atoms with Crippen LogP contribution >= 0.6 is 0 Å². The van der Waals surface area contributed by atoms with Crippen LogP contribution in [-0.4, -0.2) is 31.4 Å². The van der Waals surface area contributed by atoms with Gasteiger partial charge < -0.3 is 5.11 Å². The lowest BCUT2D eigenvalue weighted by Gasteiger charge is -2.11. The third-order valence-corrected chi connectivity index (χ3v) is 4.31. The number of alkyl halides is 3. The summed E-state index contributed by atoms with van der Waals surface area (Å²) < 4.78 is 67.8. The summed E-state index contributed by atoms with van der Waals surface area (Å²) in [6, 6.07) is 9.05. The number of aromatic carboxylic acids is 1. The van der Waals surface area contributed by atoms with Crippen molar-refractivity contribution < 1.29 is 35.8 Å². The second-order valence-corrected chi connectivity index (χ2v) is 6.69. The second-order valence-electron chi connectivity index (χ2n) is 5.17. The fourth-order valence-corrected chi connectivity index (χ4v) is 2.63. The highest BCUT2D eigenvalue weighted by Gasteiger charge is 2.38. The molecule has 26 heavy (non-hydrogen) atoms. The van der Waals surface area contributed by atoms with Gasteiger partial charge in [0.1, 0.15) is 4.90 Å². The van der Waals surface area contributed by atoms with Crippen molar-refractivity contribution in [3.8, 4) is 0 Å². The summed E-state index contributed by atoms with van der Waals surface area (Å²) in [6.45, 7) is 1.70. The molecule has 138 valence electrons. The lowest BCUT2D eigenvalue weighted by Crippen LogP contribution is -2.25. The lowest BCUT2D eigenvalue weighted by atomic mass is 10.1. The maximum atomic E-state index is 13.2. The fraction of sp³-hybridized carbons (Fsp3) is 0.125. The number of rotatable bonds is 5. The molecule has 0 aromatic heterocycles. The number of hydrogen-bond donors (Lipinski definition) is 1. The summed E-state index contributed by atoms with van der Waals surface area (Å²) in [5.41, 5.74) is -1.98. The Labute approximate surface area is 146 Å². The van der Waals surface area contributed by atoms with Gasteiger partial charge in [-0.1, -0.05) is 35.0 Å². The van der Waals surface area contributed by atoms with Crippen molar-refractivity contribution in [2.24, 2.45) is 5.16 Å². The van der Waals surface area contributed by atoms with Crippen LogP contribution in [0.15, 0.2) is 58.6 Å². The normalized spacial score (nSPS) is 12.7. The van der Waals surface area contributed by atoms with E-state index in [1.54, 1.807) is 6.92 Å². The molecule has 0 bridgehead atoms. The molecule has 0 amide bonds. The molecule has 2 aromatic carbocycles. The molecule has 10 heteroatoms. The summed E-state index contributed by atoms with van der Waals surface area (Å²) in [5, 5.41) is 11.6. The standard InChI is InChI=1S/C16H12F3NO5S/c1-10-5-7-13(8-6-10)26(23,24)25-20-14(16(17,18)19)11-3-2-4-12(9-11)15(21)22/h2-9H,1H3,(H,21,22). The van der Waals surface area contributed by atoms with Gasteiger partial charge in [-0.2, -0.15) is 21.6 Å². The summed E-state index contributed by atoms with van der Waals surface area (Å²) in [4.78, 5) is 10.5. The van der Waals surface area contributed by atoms with E-state index in [0.29, 0.717) is 0 Å². The molecular formula is C16H12F3NO5S. The summed E-state index contributed by atoms with van der Waals surface area (Å²) in [6.07, 6.45) is -5.07. The van der Waals surface area contributed by atoms with E-state index < -0.39 is 39.1 Å². The number of halogens is 3. The Balaban J connectivity index is 2.43. The largest absolute Gasteiger partial charge is 0.478 e. The Hall–Kier alpha value is -2.88. The molecule has 0 saturated heterocycles. The van der Waals surface area contributed by atoms with Crippen LogP contribution < -0.4 is 0 Å². The van der Waals surface area contributed by atoms with Crippen LogP contribution in [0.4, 0.5) is 13.2 Å². The molecule has 0 radical (unpaired) electrons. The number of benzene rings is 2. The van der Waals surface area contributed by atoms with Crippen molar-refractivity contribution in [2.75, 3.05) is 0 Å². The number of carbonyl (C=O) groups is 1. The molecule has 0 fully saturated rings. The van der Waals surface area contributed by atoms with Crippen LogP contribution in [0.3, 0.4) is 0 Å². The average Bonchev–Trinajstić information content (AvgIpc) is 2.54. The zero-order valence-corrected chi connectivity index (χ0v) is 14.0. The van der Waals surface area contributed by atoms with Gasteiger partial charge in [0.15, 0.2) is 5.71 Å². The molecule has 0 saturated carbocycles. The average molecular weight is 387 g/mol. The third kappa shape index (κ3) is 4.60. The van der Waals surface area contributed by atoms with Crippen LogP contribution in [0.5, 0.6) is 0 Å². The molecule has 1 N–H and O–H groups in total. The fourth-order valence-electron chi connectivity index (χ4n) is 1.90. The third-order valence-electron chi connectivity index (χ3n) is 3.19. The summed E-state index contributed by atoms with van der Waals surface area (Å²) in [7, 11) is -4.57. The zero-order valence-electron chi connectivity index (χ0n) is 13.2. The van der Waals surface area contributed by atoms with Crippen LogP contribution in [0.1, 0.15) is 21.5 Å². The van der Waals surface area contributed by atoms with Crippen molar-refractivity contribution in [3.63, 3.8) is 0 Å². The Morgan fingerprint density at radius 2 is 1.65 bits per heavy atom. The molecule has 0 heterocycles. The van der Waals surface area contributed by atoms with Crippen molar-refractivity contribution in [1.82, 2.24) is 0 Å². The van der Waals surface area contributed by atoms with E-state index in [4.69, 9.17) is 5.11 Å². The minimum atomic E-state index is -5.07. The first-order chi connectivity index (χ1) is 12.0. The Morgan fingerprint density at radius 3 is 2.19 bits per heavy atom. The smallest absolute Gasteiger partial charge is 0.437 e. The van der Waals surface area contributed by atoms with Gasteiger partial charge >= 0.3 is 22.3 Å². The highest BCUT2D eigenvalue weighted by atomic mass is 32.2. The lowest BCUT2D eigenvalue weighted by molar-refractivity contribution is -0.0597. The van der Waals surface area contributed by atoms with Crippen molar-refractivity contribution in [2.45, 2.75) is 18.0 Å². The van der Waals surface area contributed by atoms with E-state index >= 15 is 0 Å². The van der Waals surface area contributed by atoms with Crippen LogP contribution in [0.2, 0.25) is 0 Å². The number of carboxylic acids is 1. The van der Waals surface area contributed by atoms with E-state index in [0.717, 1.165) is 29.8 Å². The van der Waals surface area contributed by atoms with Gasteiger partial charge in [-0.15, -0.1) is 0 Å². The number of nitrogens with zero attached hydrogens (tertiary/aromatic N) is 1. The molecular weight excluding hydrogens is 375 g/mol. The second kappa shape index (κ2) is 7.16. The molecule has 0 aliphatic rings. The topological polar surface area (TPSA) is 93.0 Å². The van der Waals surface area contributed by atoms with E-state index in [2.05, 4.69) is 9.44 Å². The Bertz CT molecular complexity index is 951. The number of hydrogen-bond acceptors (Lipinski definition) is 5. The van der Waals surface area contributed by atoms with Crippen molar-refractivity contribution in [3.05, 3.63) is 65.2 Å². The van der Waals surface area contributed by atoms with E-state index in [9.17, 15) is 26.4 Å². The van der Waals surface area contributed by atoms with Gasteiger partial charge in [0, 0.05) is 5.56 Å². The number of oxime groups is 1. The van der Waals surface area contributed by atoms with E-state index in [1.165, 1.54) is 24.3 Å². The van der Waals surface area contributed by atoms with Gasteiger partial charge in [0.25, 0.3) is 0 Å². The number of aryl methyl sites for hydroxylation is 1. The monoisotopic (exact) mass is 387 g/mol. The molecule has 0 unspecified atom stereocenters. The first-order valence-electron chi connectivity index (χ1n) is 7.00. The SMILES string of the molecule is Cc1ccc(S(=O)(=O)ON=C(c2cccc(C(=O)O)c2)C(F)(F)F)cc1. The maximum Gasteiger partial charge on any atom is 0.437 e.